The van der Waals surface area contributed by atoms with E-state index in [0.29, 0.717) is 18.5 Å². The van der Waals surface area contributed by atoms with E-state index in [-0.39, 0.29) is 5.84 Å². The molecule has 0 unspecified atom stereocenters. The molecular formula is C11H23N3O2. The Morgan fingerprint density at radius 3 is 2.38 bits per heavy atom. The highest BCUT2D eigenvalue weighted by atomic mass is 16.4. The molecule has 1 aliphatic carbocycles. The fourth-order valence-electron chi connectivity index (χ4n) is 2.03. The number of rotatable bonds is 4. The Bertz CT molecular complexity index is 254. The van der Waals surface area contributed by atoms with Crippen molar-refractivity contribution in [2.75, 3.05) is 13.1 Å². The van der Waals surface area contributed by atoms with Gasteiger partial charge in [-0.25, -0.2) is 0 Å². The number of aliphatic hydroxyl groups is 1. The van der Waals surface area contributed by atoms with E-state index in [0.717, 1.165) is 25.7 Å². The summed E-state index contributed by atoms with van der Waals surface area (Å²) >= 11 is 0. The number of amidine groups is 1. The quantitative estimate of drug-likeness (QED) is 0.247. The summed E-state index contributed by atoms with van der Waals surface area (Å²) in [5, 5.41) is 24.5. The molecule has 0 radical (unpaired) electrons. The van der Waals surface area contributed by atoms with Crippen molar-refractivity contribution in [3.63, 3.8) is 0 Å². The first-order valence-corrected chi connectivity index (χ1v) is 5.76. The molecule has 0 atom stereocenters. The number of nitrogens with one attached hydrogen (secondary N) is 1. The van der Waals surface area contributed by atoms with Crippen LogP contribution in [0, 0.1) is 5.41 Å². The average Bonchev–Trinajstić information content (AvgIpc) is 2.23. The van der Waals surface area contributed by atoms with Gasteiger partial charge in [0.2, 0.25) is 0 Å². The summed E-state index contributed by atoms with van der Waals surface area (Å²) in [5.41, 5.74) is 5.04. The standard InChI is InChI=1S/C11H23N3O2/c1-10(2)3-5-11(15,6-4-10)8-13-7-9(12)14-16/h13,15-16H,3-8H2,1-2H3,(H2,12,14). The van der Waals surface area contributed by atoms with Gasteiger partial charge < -0.3 is 21.4 Å². The second-order valence-electron chi connectivity index (χ2n) is 5.58. The second-order valence-corrected chi connectivity index (χ2v) is 5.58. The maximum Gasteiger partial charge on any atom is 0.153 e. The summed E-state index contributed by atoms with van der Waals surface area (Å²) in [7, 11) is 0. The van der Waals surface area contributed by atoms with E-state index in [1.54, 1.807) is 0 Å². The third kappa shape index (κ3) is 3.98. The highest BCUT2D eigenvalue weighted by molar-refractivity contribution is 5.81. The maximum atomic E-state index is 10.3. The van der Waals surface area contributed by atoms with Crippen LogP contribution < -0.4 is 11.1 Å². The topological polar surface area (TPSA) is 90.9 Å². The van der Waals surface area contributed by atoms with E-state index in [1.165, 1.54) is 0 Å². The Morgan fingerprint density at radius 2 is 1.88 bits per heavy atom. The number of oxime groups is 1. The first kappa shape index (κ1) is 13.3. The highest BCUT2D eigenvalue weighted by Gasteiger charge is 2.36. The van der Waals surface area contributed by atoms with Gasteiger partial charge in [-0.3, -0.25) is 0 Å². The van der Waals surface area contributed by atoms with Crippen molar-refractivity contribution in [2.45, 2.75) is 45.1 Å². The fourth-order valence-corrected chi connectivity index (χ4v) is 2.03. The van der Waals surface area contributed by atoms with E-state index in [9.17, 15) is 5.11 Å². The van der Waals surface area contributed by atoms with E-state index in [1.807, 2.05) is 0 Å². The molecule has 5 heteroatoms. The second kappa shape index (κ2) is 5.01. The van der Waals surface area contributed by atoms with Crippen molar-refractivity contribution in [1.82, 2.24) is 5.32 Å². The lowest BCUT2D eigenvalue weighted by Crippen LogP contribution is -2.46. The van der Waals surface area contributed by atoms with Gasteiger partial charge in [-0.2, -0.15) is 0 Å². The molecule has 0 spiro atoms. The van der Waals surface area contributed by atoms with Gasteiger partial charge in [-0.05, 0) is 31.1 Å². The van der Waals surface area contributed by atoms with Crippen LogP contribution in [0.1, 0.15) is 39.5 Å². The first-order chi connectivity index (χ1) is 7.37. The Kier molecular flexibility index (Phi) is 4.15. The van der Waals surface area contributed by atoms with Crippen LogP contribution in [0.15, 0.2) is 5.16 Å². The van der Waals surface area contributed by atoms with Crippen LogP contribution in [0.5, 0.6) is 0 Å². The van der Waals surface area contributed by atoms with Crippen molar-refractivity contribution in [1.29, 1.82) is 0 Å². The SMILES string of the molecule is CC1(C)CCC(O)(CNCC(N)=NO)CC1. The molecule has 0 aromatic carbocycles. The summed E-state index contributed by atoms with van der Waals surface area (Å²) in [6, 6.07) is 0. The zero-order valence-corrected chi connectivity index (χ0v) is 10.2. The molecule has 16 heavy (non-hydrogen) atoms. The van der Waals surface area contributed by atoms with E-state index >= 15 is 0 Å². The molecule has 1 aliphatic rings. The maximum absolute atomic E-state index is 10.3. The molecule has 0 aromatic rings. The van der Waals surface area contributed by atoms with Crippen LogP contribution in [0.2, 0.25) is 0 Å². The lowest BCUT2D eigenvalue weighted by molar-refractivity contribution is -0.0235. The van der Waals surface area contributed by atoms with Crippen LogP contribution in [-0.2, 0) is 0 Å². The van der Waals surface area contributed by atoms with Gasteiger partial charge in [0, 0.05) is 6.54 Å². The summed E-state index contributed by atoms with van der Waals surface area (Å²) in [6.45, 7) is 5.27. The monoisotopic (exact) mass is 229 g/mol. The lowest BCUT2D eigenvalue weighted by Gasteiger charge is -2.40. The smallest absolute Gasteiger partial charge is 0.153 e. The molecule has 94 valence electrons. The van der Waals surface area contributed by atoms with Crippen molar-refractivity contribution in [2.24, 2.45) is 16.3 Å². The molecule has 0 aromatic heterocycles. The van der Waals surface area contributed by atoms with Gasteiger partial charge >= 0.3 is 0 Å². The van der Waals surface area contributed by atoms with E-state index in [4.69, 9.17) is 10.9 Å². The van der Waals surface area contributed by atoms with Crippen molar-refractivity contribution in [3.8, 4) is 0 Å². The third-order valence-corrected chi connectivity index (χ3v) is 3.42. The molecule has 0 saturated heterocycles. The predicted molar refractivity (Wildman–Crippen MR) is 63.5 cm³/mol. The minimum atomic E-state index is -0.634. The largest absolute Gasteiger partial charge is 0.409 e. The fraction of sp³-hybridized carbons (Fsp3) is 0.909. The van der Waals surface area contributed by atoms with Gasteiger partial charge in [0.1, 0.15) is 0 Å². The van der Waals surface area contributed by atoms with Crippen molar-refractivity contribution < 1.29 is 10.3 Å². The highest BCUT2D eigenvalue weighted by Crippen LogP contribution is 2.39. The molecule has 0 heterocycles. The molecular weight excluding hydrogens is 206 g/mol. The Balaban J connectivity index is 2.32. The van der Waals surface area contributed by atoms with Gasteiger partial charge in [-0.15, -0.1) is 0 Å². The van der Waals surface area contributed by atoms with E-state index in [2.05, 4.69) is 24.3 Å². The average molecular weight is 229 g/mol. The molecule has 0 aliphatic heterocycles. The zero-order chi connectivity index (χ0) is 12.2. The third-order valence-electron chi connectivity index (χ3n) is 3.42. The Labute approximate surface area is 96.7 Å². The van der Waals surface area contributed by atoms with Gasteiger partial charge in [-0.1, -0.05) is 19.0 Å². The summed E-state index contributed by atoms with van der Waals surface area (Å²) in [4.78, 5) is 0. The van der Waals surface area contributed by atoms with Gasteiger partial charge in [0.15, 0.2) is 5.84 Å². The summed E-state index contributed by atoms with van der Waals surface area (Å²) in [5.74, 6) is 0.139. The van der Waals surface area contributed by atoms with Crippen LogP contribution in [0.4, 0.5) is 0 Å². The Hall–Kier alpha value is -0.810. The van der Waals surface area contributed by atoms with Crippen LogP contribution in [0.25, 0.3) is 0 Å². The van der Waals surface area contributed by atoms with Crippen molar-refractivity contribution in [3.05, 3.63) is 0 Å². The normalized spacial score (nSPS) is 24.3. The lowest BCUT2D eigenvalue weighted by atomic mass is 9.71. The van der Waals surface area contributed by atoms with E-state index < -0.39 is 5.60 Å². The number of hydrogen-bond acceptors (Lipinski definition) is 4. The molecule has 1 fully saturated rings. The number of nitrogens with two attached hydrogens (primary N) is 1. The first-order valence-electron chi connectivity index (χ1n) is 5.76. The number of nitrogens with zero attached hydrogens (tertiary/aromatic N) is 1. The molecule has 5 N–H and O–H groups in total. The molecule has 1 rings (SSSR count). The van der Waals surface area contributed by atoms with Crippen LogP contribution in [0.3, 0.4) is 0 Å². The minimum Gasteiger partial charge on any atom is -0.409 e. The summed E-state index contributed by atoms with van der Waals surface area (Å²) < 4.78 is 0. The Morgan fingerprint density at radius 1 is 1.31 bits per heavy atom. The van der Waals surface area contributed by atoms with Gasteiger partial charge in [0.25, 0.3) is 0 Å². The number of hydrogen-bond donors (Lipinski definition) is 4. The minimum absolute atomic E-state index is 0.139. The summed E-state index contributed by atoms with van der Waals surface area (Å²) in [6.07, 6.45) is 3.69. The van der Waals surface area contributed by atoms with Crippen LogP contribution in [-0.4, -0.2) is 34.8 Å². The zero-order valence-electron chi connectivity index (χ0n) is 10.2. The predicted octanol–water partition coefficient (Wildman–Crippen LogP) is 0.654. The van der Waals surface area contributed by atoms with Gasteiger partial charge in [0.05, 0.1) is 12.1 Å². The molecule has 0 bridgehead atoms. The molecule has 0 amide bonds. The molecule has 1 saturated carbocycles. The molecule has 5 nitrogen and oxygen atoms in total. The van der Waals surface area contributed by atoms with Crippen LogP contribution >= 0.6 is 0 Å². The van der Waals surface area contributed by atoms with Crippen molar-refractivity contribution >= 4 is 5.84 Å².